The second kappa shape index (κ2) is 8.23. The van der Waals surface area contributed by atoms with Gasteiger partial charge in [-0.15, -0.1) is 13.2 Å². The minimum absolute atomic E-state index is 0.0739. The summed E-state index contributed by atoms with van der Waals surface area (Å²) >= 11 is 0. The molecule has 0 aliphatic carbocycles. The summed E-state index contributed by atoms with van der Waals surface area (Å²) in [4.78, 5) is 18.6. The van der Waals surface area contributed by atoms with Gasteiger partial charge in [-0.3, -0.25) is 9.80 Å². The van der Waals surface area contributed by atoms with E-state index in [0.717, 1.165) is 17.7 Å². The van der Waals surface area contributed by atoms with Crippen molar-refractivity contribution in [3.63, 3.8) is 0 Å². The Bertz CT molecular complexity index is 977. The molecule has 1 unspecified atom stereocenters. The number of aryl methyl sites for hydroxylation is 1. The van der Waals surface area contributed by atoms with Gasteiger partial charge in [-0.05, 0) is 49.7 Å². The second-order valence-corrected chi connectivity index (χ2v) is 6.96. The minimum Gasteiger partial charge on any atom is -0.406 e. The number of halogens is 3. The van der Waals surface area contributed by atoms with Crippen molar-refractivity contribution >= 4 is 11.7 Å². The highest BCUT2D eigenvalue weighted by molar-refractivity contribution is 5.95. The number of nitrogens with two attached hydrogens (primary N) is 2. The summed E-state index contributed by atoms with van der Waals surface area (Å²) in [5.41, 5.74) is 8.37. The van der Waals surface area contributed by atoms with E-state index in [2.05, 4.69) is 9.72 Å². The zero-order valence-corrected chi connectivity index (χ0v) is 16.5. The van der Waals surface area contributed by atoms with E-state index in [0.29, 0.717) is 30.2 Å². The number of hydrogen-bond donors (Lipinski definition) is 2. The van der Waals surface area contributed by atoms with Crippen LogP contribution in [0.2, 0.25) is 0 Å². The Morgan fingerprint density at radius 2 is 2.03 bits per heavy atom. The molecule has 1 aromatic carbocycles. The molecule has 0 spiro atoms. The largest absolute Gasteiger partial charge is 0.573 e. The van der Waals surface area contributed by atoms with Gasteiger partial charge in [-0.1, -0.05) is 6.07 Å². The molecule has 0 bridgehead atoms. The number of ether oxygens (including phenoxy) is 1. The predicted octanol–water partition coefficient (Wildman–Crippen LogP) is 3.07. The topological polar surface area (TPSA) is 97.7 Å². The summed E-state index contributed by atoms with van der Waals surface area (Å²) in [6.45, 7) is 3.94. The molecule has 1 aromatic heterocycles. The van der Waals surface area contributed by atoms with E-state index in [9.17, 15) is 18.0 Å². The molecule has 1 aliphatic rings. The van der Waals surface area contributed by atoms with Crippen LogP contribution in [-0.2, 0) is 0 Å². The summed E-state index contributed by atoms with van der Waals surface area (Å²) in [6.07, 6.45) is -2.83. The lowest BCUT2D eigenvalue weighted by molar-refractivity contribution is -0.274. The molecule has 10 heteroatoms. The van der Waals surface area contributed by atoms with Crippen molar-refractivity contribution < 1.29 is 22.7 Å². The van der Waals surface area contributed by atoms with Crippen LogP contribution in [0.15, 0.2) is 54.0 Å². The van der Waals surface area contributed by atoms with Crippen LogP contribution in [0.5, 0.6) is 5.75 Å². The maximum atomic E-state index is 12.9. The average Bonchev–Trinajstić information content (AvgIpc) is 2.68. The third kappa shape index (κ3) is 4.65. The number of carbonyl (C=O) groups excluding carboxylic acids is 1. The number of nitrogens with zero attached hydrogens (tertiary/aromatic N) is 3. The van der Waals surface area contributed by atoms with Gasteiger partial charge in [0.1, 0.15) is 11.6 Å². The number of pyridine rings is 1. The van der Waals surface area contributed by atoms with Crippen molar-refractivity contribution in [1.82, 2.24) is 9.88 Å². The van der Waals surface area contributed by atoms with Crippen LogP contribution in [0.25, 0.3) is 0 Å². The Morgan fingerprint density at radius 3 is 2.70 bits per heavy atom. The number of benzene rings is 1. The summed E-state index contributed by atoms with van der Waals surface area (Å²) in [5.74, 6) is 5.83. The van der Waals surface area contributed by atoms with E-state index >= 15 is 0 Å². The highest BCUT2D eigenvalue weighted by atomic mass is 19.4. The maximum Gasteiger partial charge on any atom is 0.573 e. The Morgan fingerprint density at radius 1 is 1.30 bits per heavy atom. The highest BCUT2D eigenvalue weighted by Crippen LogP contribution is 2.28. The monoisotopic (exact) mass is 421 g/mol. The van der Waals surface area contributed by atoms with Crippen molar-refractivity contribution in [2.75, 3.05) is 11.6 Å². The molecule has 160 valence electrons. The Labute approximate surface area is 171 Å². The molecule has 3 rings (SSSR count). The fourth-order valence-corrected chi connectivity index (χ4v) is 3.29. The lowest BCUT2D eigenvalue weighted by Gasteiger charge is -2.37. The molecule has 1 atom stereocenters. The van der Waals surface area contributed by atoms with Crippen molar-refractivity contribution in [1.29, 1.82) is 0 Å². The van der Waals surface area contributed by atoms with E-state index < -0.39 is 24.1 Å². The van der Waals surface area contributed by atoms with Gasteiger partial charge in [0.05, 0.1) is 17.4 Å². The molecule has 0 fully saturated rings. The van der Waals surface area contributed by atoms with Crippen LogP contribution in [0.3, 0.4) is 0 Å². The van der Waals surface area contributed by atoms with Crippen LogP contribution in [0.4, 0.5) is 19.0 Å². The number of aromatic nitrogens is 1. The molecule has 4 N–H and O–H groups in total. The maximum absolute atomic E-state index is 12.9. The number of alkyl halides is 3. The average molecular weight is 421 g/mol. The number of rotatable bonds is 4. The lowest BCUT2D eigenvalue weighted by Crippen LogP contribution is -2.49. The van der Waals surface area contributed by atoms with Gasteiger partial charge < -0.3 is 15.4 Å². The quantitative estimate of drug-likeness (QED) is 0.582. The predicted molar refractivity (Wildman–Crippen MR) is 105 cm³/mol. The smallest absolute Gasteiger partial charge is 0.406 e. The first kappa shape index (κ1) is 21.4. The number of hydrogen-bond acceptors (Lipinski definition) is 6. The molecule has 1 aliphatic heterocycles. The fraction of sp³-hybridized carbons (Fsp3) is 0.300. The van der Waals surface area contributed by atoms with E-state index in [1.54, 1.807) is 13.1 Å². The van der Waals surface area contributed by atoms with Gasteiger partial charge in [-0.2, -0.15) is 0 Å². The minimum atomic E-state index is -4.84. The first-order valence-electron chi connectivity index (χ1n) is 9.19. The van der Waals surface area contributed by atoms with Crippen LogP contribution < -0.4 is 21.3 Å². The number of carbonyl (C=O) groups is 1. The summed E-state index contributed by atoms with van der Waals surface area (Å²) < 4.78 is 41.3. The van der Waals surface area contributed by atoms with Gasteiger partial charge >= 0.3 is 6.36 Å². The van der Waals surface area contributed by atoms with Crippen molar-refractivity contribution in [3.8, 4) is 5.75 Å². The SMILES string of the molecule is Cc1ccnc(N(N)C2=C(N)C(C)N(C(=O)c3cccc(OC(F)(F)F)c3)CC2)c1. The van der Waals surface area contributed by atoms with E-state index in [1.807, 2.05) is 19.1 Å². The second-order valence-electron chi connectivity index (χ2n) is 6.96. The summed E-state index contributed by atoms with van der Waals surface area (Å²) in [6, 6.07) is 8.10. The molecular weight excluding hydrogens is 399 g/mol. The molecule has 2 aromatic rings. The summed E-state index contributed by atoms with van der Waals surface area (Å²) in [5, 5.41) is 1.40. The molecule has 0 radical (unpaired) electrons. The molecule has 0 saturated heterocycles. The van der Waals surface area contributed by atoms with Crippen molar-refractivity contribution in [2.24, 2.45) is 11.6 Å². The zero-order chi connectivity index (χ0) is 22.1. The fourth-order valence-electron chi connectivity index (χ4n) is 3.29. The molecule has 30 heavy (non-hydrogen) atoms. The number of anilines is 1. The van der Waals surface area contributed by atoms with Gasteiger partial charge in [-0.25, -0.2) is 10.8 Å². The lowest BCUT2D eigenvalue weighted by atomic mass is 10.0. The Kier molecular flexibility index (Phi) is 5.88. The first-order chi connectivity index (χ1) is 14.1. The van der Waals surface area contributed by atoms with Crippen molar-refractivity contribution in [2.45, 2.75) is 32.7 Å². The van der Waals surface area contributed by atoms with Crippen molar-refractivity contribution in [3.05, 3.63) is 65.1 Å². The van der Waals surface area contributed by atoms with Crippen LogP contribution in [0.1, 0.15) is 29.3 Å². The van der Waals surface area contributed by atoms with Crippen LogP contribution in [-0.4, -0.2) is 34.7 Å². The normalized spacial score (nSPS) is 17.1. The Hall–Kier alpha value is -3.27. The zero-order valence-electron chi connectivity index (χ0n) is 16.5. The highest BCUT2D eigenvalue weighted by Gasteiger charge is 2.33. The molecule has 0 saturated carbocycles. The van der Waals surface area contributed by atoms with Gasteiger partial charge in [0, 0.05) is 24.7 Å². The number of amides is 1. The van der Waals surface area contributed by atoms with E-state index in [-0.39, 0.29) is 5.56 Å². The third-order valence-corrected chi connectivity index (χ3v) is 4.85. The number of hydrazine groups is 1. The van der Waals surface area contributed by atoms with Gasteiger partial charge in [0.2, 0.25) is 0 Å². The van der Waals surface area contributed by atoms with E-state index in [1.165, 1.54) is 22.0 Å². The molecule has 2 heterocycles. The Balaban J connectivity index is 1.81. The molecule has 7 nitrogen and oxygen atoms in total. The standard InChI is InChI=1S/C20H22F3N5O2/c1-12-6-8-26-17(10-12)28(25)16-7-9-27(13(2)18(16)24)19(29)14-4-3-5-15(11-14)30-20(21,22)23/h3-6,8,10-11,13H,7,9,24-25H2,1-2H3. The van der Waals surface area contributed by atoms with Gasteiger partial charge in [0.25, 0.3) is 5.91 Å². The molecule has 1 amide bonds. The van der Waals surface area contributed by atoms with Crippen LogP contribution >= 0.6 is 0 Å². The first-order valence-corrected chi connectivity index (χ1v) is 9.19. The third-order valence-electron chi connectivity index (χ3n) is 4.85. The summed E-state index contributed by atoms with van der Waals surface area (Å²) in [7, 11) is 0. The van der Waals surface area contributed by atoms with Gasteiger partial charge in [0.15, 0.2) is 0 Å². The van der Waals surface area contributed by atoms with E-state index in [4.69, 9.17) is 11.6 Å². The van der Waals surface area contributed by atoms with Crippen LogP contribution in [0, 0.1) is 6.92 Å². The molecular formula is C20H22F3N5O2.